The van der Waals surface area contributed by atoms with Gasteiger partial charge in [0.05, 0.1) is 12.5 Å². The molecule has 0 fully saturated rings. The van der Waals surface area contributed by atoms with Crippen molar-refractivity contribution in [1.29, 1.82) is 0 Å². The molecule has 15 heavy (non-hydrogen) atoms. The lowest BCUT2D eigenvalue weighted by atomic mass is 10.0. The highest BCUT2D eigenvalue weighted by Crippen LogP contribution is 2.19. The Bertz CT molecular complexity index is 374. The third kappa shape index (κ3) is 2.98. The molecule has 1 aliphatic rings. The average Bonchev–Trinajstić information content (AvgIpc) is 2.46. The maximum Gasteiger partial charge on any atom is 0.0896 e. The third-order valence-corrected chi connectivity index (χ3v) is 2.62. The highest BCUT2D eigenvalue weighted by Gasteiger charge is 2.04. The zero-order chi connectivity index (χ0) is 10.5. The normalized spacial score (nSPS) is 16.1. The summed E-state index contributed by atoms with van der Waals surface area (Å²) in [5, 5.41) is 0. The molecule has 0 saturated carbocycles. The fourth-order valence-corrected chi connectivity index (χ4v) is 1.71. The zero-order valence-corrected chi connectivity index (χ0v) is 9.07. The number of rotatable bonds is 2. The predicted octanol–water partition coefficient (Wildman–Crippen LogP) is 3.83. The van der Waals surface area contributed by atoms with Gasteiger partial charge < -0.3 is 4.74 Å². The van der Waals surface area contributed by atoms with Crippen LogP contribution in [0.25, 0.3) is 0 Å². The van der Waals surface area contributed by atoms with E-state index in [1.54, 1.807) is 0 Å². The van der Waals surface area contributed by atoms with Gasteiger partial charge in [0.2, 0.25) is 0 Å². The minimum Gasteiger partial charge on any atom is -0.473 e. The lowest BCUT2D eigenvalue weighted by molar-refractivity contribution is 0.395. The SMILES string of the molecule is CC1=COC=C(Cc2ccccc2)CC1. The van der Waals surface area contributed by atoms with Crippen molar-refractivity contribution in [2.45, 2.75) is 26.2 Å². The highest BCUT2D eigenvalue weighted by atomic mass is 16.5. The fraction of sp³-hybridized carbons (Fsp3) is 0.286. The number of ether oxygens (including phenoxy) is 1. The van der Waals surface area contributed by atoms with Crippen LogP contribution < -0.4 is 0 Å². The van der Waals surface area contributed by atoms with E-state index in [4.69, 9.17) is 4.74 Å². The van der Waals surface area contributed by atoms with Gasteiger partial charge in [-0.05, 0) is 42.9 Å². The molecule has 78 valence electrons. The number of hydrogen-bond acceptors (Lipinski definition) is 1. The minimum absolute atomic E-state index is 1.00. The molecular weight excluding hydrogens is 184 g/mol. The smallest absolute Gasteiger partial charge is 0.0896 e. The molecule has 0 amide bonds. The lowest BCUT2D eigenvalue weighted by Gasteiger charge is -2.04. The summed E-state index contributed by atoms with van der Waals surface area (Å²) in [6.45, 7) is 2.11. The first-order chi connectivity index (χ1) is 7.34. The second kappa shape index (κ2) is 4.83. The summed E-state index contributed by atoms with van der Waals surface area (Å²) < 4.78 is 5.37. The van der Waals surface area contributed by atoms with Crippen molar-refractivity contribution in [2.75, 3.05) is 0 Å². The van der Waals surface area contributed by atoms with Gasteiger partial charge in [0.1, 0.15) is 0 Å². The zero-order valence-electron chi connectivity index (χ0n) is 9.07. The van der Waals surface area contributed by atoms with Gasteiger partial charge in [-0.15, -0.1) is 0 Å². The molecular formula is C14H16O. The first-order valence-corrected chi connectivity index (χ1v) is 5.37. The van der Waals surface area contributed by atoms with Crippen LogP contribution in [-0.2, 0) is 11.2 Å². The topological polar surface area (TPSA) is 9.23 Å². The minimum atomic E-state index is 1.00. The summed E-state index contributed by atoms with van der Waals surface area (Å²) in [4.78, 5) is 0. The molecule has 0 aromatic heterocycles. The number of hydrogen-bond donors (Lipinski definition) is 0. The Hall–Kier alpha value is -1.50. The van der Waals surface area contributed by atoms with E-state index < -0.39 is 0 Å². The van der Waals surface area contributed by atoms with E-state index >= 15 is 0 Å². The van der Waals surface area contributed by atoms with Crippen molar-refractivity contribution in [3.8, 4) is 0 Å². The van der Waals surface area contributed by atoms with E-state index in [2.05, 4.69) is 31.2 Å². The summed E-state index contributed by atoms with van der Waals surface area (Å²) in [6.07, 6.45) is 6.96. The molecule has 0 N–H and O–H groups in total. The Morgan fingerprint density at radius 1 is 1.07 bits per heavy atom. The van der Waals surface area contributed by atoms with E-state index in [0.717, 1.165) is 19.3 Å². The predicted molar refractivity (Wildman–Crippen MR) is 62.3 cm³/mol. The monoisotopic (exact) mass is 200 g/mol. The van der Waals surface area contributed by atoms with Gasteiger partial charge in [-0.25, -0.2) is 0 Å². The Labute approximate surface area is 91.1 Å². The summed E-state index contributed by atoms with van der Waals surface area (Å²) in [7, 11) is 0. The van der Waals surface area contributed by atoms with Crippen LogP contribution in [-0.4, -0.2) is 0 Å². The van der Waals surface area contributed by atoms with E-state index in [1.807, 2.05) is 18.6 Å². The van der Waals surface area contributed by atoms with Gasteiger partial charge in [0, 0.05) is 0 Å². The van der Waals surface area contributed by atoms with Crippen molar-refractivity contribution >= 4 is 0 Å². The Balaban J connectivity index is 1.99. The van der Waals surface area contributed by atoms with Crippen molar-refractivity contribution in [2.24, 2.45) is 0 Å². The molecule has 1 aromatic carbocycles. The molecule has 0 spiro atoms. The van der Waals surface area contributed by atoms with Crippen molar-refractivity contribution in [3.63, 3.8) is 0 Å². The van der Waals surface area contributed by atoms with Crippen LogP contribution in [0.15, 0.2) is 54.0 Å². The van der Waals surface area contributed by atoms with Crippen molar-refractivity contribution < 1.29 is 4.74 Å². The Kier molecular flexibility index (Phi) is 3.23. The van der Waals surface area contributed by atoms with Crippen LogP contribution in [0.1, 0.15) is 25.3 Å². The molecule has 0 atom stereocenters. The van der Waals surface area contributed by atoms with Gasteiger partial charge in [-0.1, -0.05) is 30.3 Å². The van der Waals surface area contributed by atoms with Gasteiger partial charge in [-0.3, -0.25) is 0 Å². The van der Waals surface area contributed by atoms with Gasteiger partial charge >= 0.3 is 0 Å². The molecule has 1 nitrogen and oxygen atoms in total. The Morgan fingerprint density at radius 3 is 2.67 bits per heavy atom. The highest BCUT2D eigenvalue weighted by molar-refractivity contribution is 5.22. The standard InChI is InChI=1S/C14H16O/c1-12-7-8-14(11-15-10-12)9-13-5-3-2-4-6-13/h2-6,10-11H,7-9H2,1H3. The van der Waals surface area contributed by atoms with Crippen LogP contribution in [0.5, 0.6) is 0 Å². The van der Waals surface area contributed by atoms with Gasteiger partial charge in [-0.2, -0.15) is 0 Å². The van der Waals surface area contributed by atoms with Crippen molar-refractivity contribution in [3.05, 3.63) is 59.6 Å². The van der Waals surface area contributed by atoms with E-state index in [9.17, 15) is 0 Å². The molecule has 0 unspecified atom stereocenters. The molecule has 1 heteroatoms. The molecule has 0 saturated heterocycles. The summed E-state index contributed by atoms with van der Waals surface area (Å²) in [6, 6.07) is 10.5. The molecule has 0 radical (unpaired) electrons. The fourth-order valence-electron chi connectivity index (χ4n) is 1.71. The number of benzene rings is 1. The van der Waals surface area contributed by atoms with E-state index in [-0.39, 0.29) is 0 Å². The van der Waals surface area contributed by atoms with Crippen LogP contribution >= 0.6 is 0 Å². The van der Waals surface area contributed by atoms with E-state index in [0.29, 0.717) is 0 Å². The lowest BCUT2D eigenvalue weighted by Crippen LogP contribution is -1.90. The van der Waals surface area contributed by atoms with Gasteiger partial charge in [0.25, 0.3) is 0 Å². The van der Waals surface area contributed by atoms with Crippen LogP contribution in [0.4, 0.5) is 0 Å². The maximum atomic E-state index is 5.37. The molecule has 0 bridgehead atoms. The van der Waals surface area contributed by atoms with E-state index in [1.165, 1.54) is 16.7 Å². The molecule has 1 aliphatic heterocycles. The summed E-state index contributed by atoms with van der Waals surface area (Å²) in [5.41, 5.74) is 4.04. The quantitative estimate of drug-likeness (QED) is 0.705. The first kappa shape index (κ1) is 10.0. The second-order valence-electron chi connectivity index (χ2n) is 4.04. The first-order valence-electron chi connectivity index (χ1n) is 5.37. The molecule has 2 rings (SSSR count). The molecule has 0 aliphatic carbocycles. The largest absolute Gasteiger partial charge is 0.473 e. The summed E-state index contributed by atoms with van der Waals surface area (Å²) in [5.74, 6) is 0. The average molecular weight is 200 g/mol. The number of allylic oxidation sites excluding steroid dienone is 2. The second-order valence-corrected chi connectivity index (χ2v) is 4.04. The van der Waals surface area contributed by atoms with Gasteiger partial charge in [0.15, 0.2) is 0 Å². The van der Waals surface area contributed by atoms with Crippen LogP contribution in [0, 0.1) is 0 Å². The summed E-state index contributed by atoms with van der Waals surface area (Å²) >= 11 is 0. The third-order valence-electron chi connectivity index (χ3n) is 2.62. The Morgan fingerprint density at radius 2 is 1.87 bits per heavy atom. The van der Waals surface area contributed by atoms with Crippen LogP contribution in [0.2, 0.25) is 0 Å². The molecule has 1 aromatic rings. The van der Waals surface area contributed by atoms with Crippen LogP contribution in [0.3, 0.4) is 0 Å². The maximum absolute atomic E-state index is 5.37. The van der Waals surface area contributed by atoms with Crippen molar-refractivity contribution in [1.82, 2.24) is 0 Å². The molecule has 1 heterocycles.